The summed E-state index contributed by atoms with van der Waals surface area (Å²) >= 11 is 3.53. The molecule has 0 bridgehead atoms. The van der Waals surface area contributed by atoms with Crippen molar-refractivity contribution in [2.45, 2.75) is 50.9 Å². The molecule has 2 heterocycles. The molecule has 0 aliphatic carbocycles. The molecule has 0 spiro atoms. The smallest absolute Gasteiger partial charge is 0.109 e. The van der Waals surface area contributed by atoms with Gasteiger partial charge in [-0.05, 0) is 25.7 Å². The van der Waals surface area contributed by atoms with Crippen LogP contribution in [0, 0.1) is 0 Å². The summed E-state index contributed by atoms with van der Waals surface area (Å²) in [6.07, 6.45) is 6.19. The fraction of sp³-hybridized carbons (Fsp3) is 0.727. The Kier molecular flexibility index (Phi) is 3.26. The Labute approximate surface area is 93.9 Å². The van der Waals surface area contributed by atoms with Gasteiger partial charge in [-0.2, -0.15) is 0 Å². The van der Waals surface area contributed by atoms with E-state index in [0.29, 0.717) is 0 Å². The molecule has 1 aromatic rings. The van der Waals surface area contributed by atoms with Crippen molar-refractivity contribution in [1.82, 2.24) is 9.55 Å². The third kappa shape index (κ3) is 1.74. The van der Waals surface area contributed by atoms with Crippen molar-refractivity contribution in [3.05, 3.63) is 17.2 Å². The molecule has 1 aromatic heterocycles. The second-order valence-electron chi connectivity index (χ2n) is 3.91. The van der Waals surface area contributed by atoms with Gasteiger partial charge in [-0.15, -0.1) is 0 Å². The van der Waals surface area contributed by atoms with Crippen LogP contribution >= 0.6 is 15.9 Å². The van der Waals surface area contributed by atoms with Crippen molar-refractivity contribution in [2.75, 3.05) is 0 Å². The zero-order chi connectivity index (χ0) is 9.97. The van der Waals surface area contributed by atoms with Gasteiger partial charge < -0.3 is 4.57 Å². The third-order valence-corrected chi connectivity index (χ3v) is 3.41. The number of rotatable bonds is 3. The van der Waals surface area contributed by atoms with Gasteiger partial charge in [-0.3, -0.25) is 0 Å². The number of aromatic nitrogens is 2. The summed E-state index contributed by atoms with van der Waals surface area (Å²) < 4.78 is 2.45. The summed E-state index contributed by atoms with van der Waals surface area (Å²) in [7, 11) is 0. The van der Waals surface area contributed by atoms with E-state index in [1.54, 1.807) is 0 Å². The Hall–Kier alpha value is -0.310. The number of hydrogen-bond donors (Lipinski definition) is 0. The van der Waals surface area contributed by atoms with Crippen molar-refractivity contribution >= 4 is 15.9 Å². The van der Waals surface area contributed by atoms with E-state index in [1.807, 2.05) is 0 Å². The van der Waals surface area contributed by atoms with Gasteiger partial charge >= 0.3 is 0 Å². The summed E-state index contributed by atoms with van der Waals surface area (Å²) in [5, 5.41) is 0.909. The maximum atomic E-state index is 4.72. The van der Waals surface area contributed by atoms with E-state index < -0.39 is 0 Å². The highest BCUT2D eigenvalue weighted by Gasteiger charge is 2.18. The summed E-state index contributed by atoms with van der Waals surface area (Å²) in [4.78, 5) is 4.72. The number of alkyl halides is 1. The Bertz CT molecular complexity index is 317. The molecule has 0 aromatic carbocycles. The molecule has 14 heavy (non-hydrogen) atoms. The highest BCUT2D eigenvalue weighted by molar-refractivity contribution is 9.08. The van der Waals surface area contributed by atoms with E-state index in [4.69, 9.17) is 4.98 Å². The summed E-state index contributed by atoms with van der Waals surface area (Å²) in [5.74, 6) is 1.30. The van der Waals surface area contributed by atoms with Crippen molar-refractivity contribution in [3.63, 3.8) is 0 Å². The first-order valence-corrected chi connectivity index (χ1v) is 6.62. The van der Waals surface area contributed by atoms with Crippen LogP contribution in [0.4, 0.5) is 0 Å². The van der Waals surface area contributed by atoms with Crippen LogP contribution in [0.2, 0.25) is 0 Å². The number of nitrogens with zero attached hydrogens (tertiary/aromatic N) is 2. The van der Waals surface area contributed by atoms with E-state index in [1.165, 1.54) is 49.4 Å². The number of hydrogen-bond acceptors (Lipinski definition) is 1. The molecule has 0 saturated heterocycles. The lowest BCUT2D eigenvalue weighted by Crippen LogP contribution is -2.13. The van der Waals surface area contributed by atoms with Crippen LogP contribution in [0.3, 0.4) is 0 Å². The van der Waals surface area contributed by atoms with Gasteiger partial charge in [0.15, 0.2) is 0 Å². The second kappa shape index (κ2) is 4.47. The number of fused-ring (bicyclic) bond motifs is 1. The molecule has 78 valence electrons. The minimum Gasteiger partial charge on any atom is -0.332 e. The van der Waals surface area contributed by atoms with E-state index in [0.717, 1.165) is 11.8 Å². The predicted molar refractivity (Wildman–Crippen MR) is 61.8 cm³/mol. The lowest BCUT2D eigenvalue weighted by atomic mass is 10.1. The van der Waals surface area contributed by atoms with E-state index in [2.05, 4.69) is 27.4 Å². The molecule has 2 rings (SSSR count). The zero-order valence-corrected chi connectivity index (χ0v) is 10.3. The molecular formula is C11H17BrN2. The number of imidazole rings is 1. The first-order valence-electron chi connectivity index (χ1n) is 5.50. The standard InChI is InChI=1S/C11H17BrN2/c1-2-5-11-13-9(8-12)10-6-3-4-7-14(10)11/h2-8H2,1H3. The fourth-order valence-electron chi connectivity index (χ4n) is 2.22. The Balaban J connectivity index is 2.36. The van der Waals surface area contributed by atoms with Gasteiger partial charge in [-0.25, -0.2) is 4.98 Å². The molecular weight excluding hydrogens is 240 g/mol. The van der Waals surface area contributed by atoms with Crippen LogP contribution in [-0.4, -0.2) is 9.55 Å². The molecule has 2 nitrogen and oxygen atoms in total. The van der Waals surface area contributed by atoms with Crippen LogP contribution in [0.1, 0.15) is 43.4 Å². The average Bonchev–Trinajstić information content (AvgIpc) is 2.58. The van der Waals surface area contributed by atoms with Gasteiger partial charge in [0.05, 0.1) is 5.69 Å². The first-order chi connectivity index (χ1) is 6.86. The molecule has 0 saturated carbocycles. The van der Waals surface area contributed by atoms with Crippen LogP contribution in [0.5, 0.6) is 0 Å². The molecule has 1 aliphatic rings. The van der Waals surface area contributed by atoms with Crippen molar-refractivity contribution in [2.24, 2.45) is 0 Å². The van der Waals surface area contributed by atoms with Crippen molar-refractivity contribution in [3.8, 4) is 0 Å². The third-order valence-electron chi connectivity index (χ3n) is 2.88. The molecule has 0 unspecified atom stereocenters. The van der Waals surface area contributed by atoms with E-state index >= 15 is 0 Å². The molecule has 3 heteroatoms. The zero-order valence-electron chi connectivity index (χ0n) is 8.72. The van der Waals surface area contributed by atoms with Gasteiger partial charge in [0.2, 0.25) is 0 Å². The number of aryl methyl sites for hydroxylation is 1. The fourth-order valence-corrected chi connectivity index (χ4v) is 2.67. The minimum absolute atomic E-state index is 0.909. The van der Waals surface area contributed by atoms with Gasteiger partial charge in [0, 0.05) is 24.0 Å². The van der Waals surface area contributed by atoms with Crippen LogP contribution in [0.15, 0.2) is 0 Å². The highest BCUT2D eigenvalue weighted by Crippen LogP contribution is 2.23. The van der Waals surface area contributed by atoms with E-state index in [9.17, 15) is 0 Å². The second-order valence-corrected chi connectivity index (χ2v) is 4.47. The SMILES string of the molecule is CCCc1nc(CBr)c2n1CCCC2. The highest BCUT2D eigenvalue weighted by atomic mass is 79.9. The lowest BCUT2D eigenvalue weighted by molar-refractivity contribution is 0.511. The van der Waals surface area contributed by atoms with E-state index in [-0.39, 0.29) is 0 Å². The summed E-state index contributed by atoms with van der Waals surface area (Å²) in [6.45, 7) is 3.41. The van der Waals surface area contributed by atoms with Crippen molar-refractivity contribution < 1.29 is 0 Å². The maximum absolute atomic E-state index is 4.72. The molecule has 0 N–H and O–H groups in total. The predicted octanol–water partition coefficient (Wildman–Crippen LogP) is 3.07. The molecule has 1 aliphatic heterocycles. The average molecular weight is 257 g/mol. The maximum Gasteiger partial charge on any atom is 0.109 e. The van der Waals surface area contributed by atoms with Gasteiger partial charge in [0.1, 0.15) is 5.82 Å². The Morgan fingerprint density at radius 1 is 1.43 bits per heavy atom. The monoisotopic (exact) mass is 256 g/mol. The van der Waals surface area contributed by atoms with Crippen LogP contribution in [0.25, 0.3) is 0 Å². The van der Waals surface area contributed by atoms with Crippen molar-refractivity contribution in [1.29, 1.82) is 0 Å². The minimum atomic E-state index is 0.909. The molecule has 0 amide bonds. The summed E-state index contributed by atoms with van der Waals surface area (Å²) in [5.41, 5.74) is 2.75. The lowest BCUT2D eigenvalue weighted by Gasteiger charge is -2.16. The Morgan fingerprint density at radius 2 is 2.29 bits per heavy atom. The number of halogens is 1. The molecule has 0 fully saturated rings. The summed E-state index contributed by atoms with van der Waals surface area (Å²) in [6, 6.07) is 0. The van der Waals surface area contributed by atoms with Crippen LogP contribution < -0.4 is 0 Å². The van der Waals surface area contributed by atoms with Crippen LogP contribution in [-0.2, 0) is 24.7 Å². The van der Waals surface area contributed by atoms with Gasteiger partial charge in [0.25, 0.3) is 0 Å². The van der Waals surface area contributed by atoms with Gasteiger partial charge in [-0.1, -0.05) is 22.9 Å². The quantitative estimate of drug-likeness (QED) is 0.761. The largest absolute Gasteiger partial charge is 0.332 e. The molecule has 0 radical (unpaired) electrons. The first kappa shape index (κ1) is 10.2. The Morgan fingerprint density at radius 3 is 3.00 bits per heavy atom. The normalized spacial score (nSPS) is 15.6. The molecule has 0 atom stereocenters. The topological polar surface area (TPSA) is 17.8 Å².